The van der Waals surface area contributed by atoms with Crippen LogP contribution in [0.3, 0.4) is 0 Å². The zero-order valence-corrected chi connectivity index (χ0v) is 9.94. The number of aryl methyl sites for hydroxylation is 1. The number of nitrogen functional groups attached to an aromatic ring is 1. The van der Waals surface area contributed by atoms with Gasteiger partial charge < -0.3 is 5.73 Å². The number of nitrogens with two attached hydrogens (primary N) is 1. The van der Waals surface area contributed by atoms with E-state index in [0.717, 1.165) is 33.1 Å². The number of benzene rings is 2. The van der Waals surface area contributed by atoms with Crippen LogP contribution in [0.2, 0.25) is 0 Å². The molecule has 0 bridgehead atoms. The first-order valence-corrected chi connectivity index (χ1v) is 5.69. The first kappa shape index (κ1) is 10.5. The summed E-state index contributed by atoms with van der Waals surface area (Å²) in [5.41, 5.74) is 10.1. The zero-order valence-electron chi connectivity index (χ0n) is 9.94. The number of anilines is 1. The summed E-state index contributed by atoms with van der Waals surface area (Å²) in [6.45, 7) is 2.03. The molecule has 0 aliphatic carbocycles. The van der Waals surface area contributed by atoms with Gasteiger partial charge in [-0.1, -0.05) is 0 Å². The van der Waals surface area contributed by atoms with Crippen LogP contribution in [0.25, 0.3) is 21.8 Å². The Hall–Kier alpha value is -2.60. The molecular formula is C15H11N3. The van der Waals surface area contributed by atoms with Crippen molar-refractivity contribution in [3.63, 3.8) is 0 Å². The van der Waals surface area contributed by atoms with Gasteiger partial charge in [0.15, 0.2) is 0 Å². The molecule has 0 fully saturated rings. The Morgan fingerprint density at radius 3 is 2.44 bits per heavy atom. The lowest BCUT2D eigenvalue weighted by atomic mass is 10.0. The Morgan fingerprint density at radius 1 is 1.06 bits per heavy atom. The van der Waals surface area contributed by atoms with Gasteiger partial charge in [0.1, 0.15) is 0 Å². The van der Waals surface area contributed by atoms with Crippen LogP contribution in [0.15, 0.2) is 36.4 Å². The number of nitrogens with zero attached hydrogens (tertiary/aromatic N) is 2. The van der Waals surface area contributed by atoms with E-state index in [4.69, 9.17) is 11.0 Å². The molecule has 0 saturated heterocycles. The summed E-state index contributed by atoms with van der Waals surface area (Å²) in [5, 5.41) is 11.0. The molecule has 3 rings (SSSR count). The maximum absolute atomic E-state index is 8.95. The highest BCUT2D eigenvalue weighted by Crippen LogP contribution is 2.27. The van der Waals surface area contributed by atoms with E-state index in [1.807, 2.05) is 37.3 Å². The third-order valence-electron chi connectivity index (χ3n) is 3.20. The smallest absolute Gasteiger partial charge is 0.0991 e. The monoisotopic (exact) mass is 233 g/mol. The van der Waals surface area contributed by atoms with Crippen LogP contribution < -0.4 is 5.73 Å². The highest BCUT2D eigenvalue weighted by Gasteiger charge is 2.06. The standard InChI is InChI=1S/C15H11N3/c1-9-12-6-10(8-16)2-4-14(12)18-15-5-3-11(17)7-13(9)15/h2-7H,17H2,1H3. The molecule has 0 unspecified atom stereocenters. The second kappa shape index (κ2) is 3.71. The second-order valence-electron chi connectivity index (χ2n) is 4.36. The van der Waals surface area contributed by atoms with Crippen LogP contribution >= 0.6 is 0 Å². The summed E-state index contributed by atoms with van der Waals surface area (Å²) in [6.07, 6.45) is 0. The van der Waals surface area contributed by atoms with Crippen LogP contribution in [0.5, 0.6) is 0 Å². The largest absolute Gasteiger partial charge is 0.399 e. The first-order valence-electron chi connectivity index (χ1n) is 5.69. The SMILES string of the molecule is Cc1c2cc(N)ccc2nc2ccc(C#N)cc12. The minimum atomic E-state index is 0.649. The summed E-state index contributed by atoms with van der Waals surface area (Å²) in [4.78, 5) is 4.59. The van der Waals surface area contributed by atoms with Gasteiger partial charge in [0.2, 0.25) is 0 Å². The van der Waals surface area contributed by atoms with Crippen LogP contribution in [0.4, 0.5) is 5.69 Å². The molecule has 1 aromatic heterocycles. The van der Waals surface area contributed by atoms with E-state index in [0.29, 0.717) is 5.56 Å². The molecular weight excluding hydrogens is 222 g/mol. The summed E-state index contributed by atoms with van der Waals surface area (Å²) in [7, 11) is 0. The number of pyridine rings is 1. The van der Waals surface area contributed by atoms with Crippen molar-refractivity contribution in [1.29, 1.82) is 5.26 Å². The third-order valence-corrected chi connectivity index (χ3v) is 3.20. The number of aromatic nitrogens is 1. The predicted molar refractivity (Wildman–Crippen MR) is 73.1 cm³/mol. The van der Waals surface area contributed by atoms with Gasteiger partial charge in [-0.2, -0.15) is 5.26 Å². The molecule has 2 aromatic carbocycles. The van der Waals surface area contributed by atoms with E-state index in [-0.39, 0.29) is 0 Å². The Kier molecular flexibility index (Phi) is 2.17. The minimum Gasteiger partial charge on any atom is -0.399 e. The normalized spacial score (nSPS) is 10.7. The molecule has 0 aliphatic heterocycles. The molecule has 0 radical (unpaired) electrons. The fraction of sp³-hybridized carbons (Fsp3) is 0.0667. The van der Waals surface area contributed by atoms with E-state index in [1.54, 1.807) is 6.07 Å². The molecule has 1 heterocycles. The van der Waals surface area contributed by atoms with Crippen molar-refractivity contribution in [3.05, 3.63) is 47.5 Å². The lowest BCUT2D eigenvalue weighted by molar-refractivity contribution is 1.44. The molecule has 3 nitrogen and oxygen atoms in total. The lowest BCUT2D eigenvalue weighted by Gasteiger charge is -2.07. The molecule has 2 N–H and O–H groups in total. The van der Waals surface area contributed by atoms with Crippen molar-refractivity contribution in [2.75, 3.05) is 5.73 Å². The Morgan fingerprint density at radius 2 is 1.72 bits per heavy atom. The Bertz CT molecular complexity index is 813. The molecule has 0 aliphatic rings. The Labute approximate surface area is 104 Å². The van der Waals surface area contributed by atoms with Crippen molar-refractivity contribution in [3.8, 4) is 6.07 Å². The zero-order chi connectivity index (χ0) is 12.7. The molecule has 18 heavy (non-hydrogen) atoms. The maximum atomic E-state index is 8.95. The molecule has 3 aromatic rings. The van der Waals surface area contributed by atoms with Crippen LogP contribution in [-0.2, 0) is 0 Å². The summed E-state index contributed by atoms with van der Waals surface area (Å²) in [5.74, 6) is 0. The van der Waals surface area contributed by atoms with Gasteiger partial charge in [0, 0.05) is 16.5 Å². The average Bonchev–Trinajstić information content (AvgIpc) is 2.40. The highest BCUT2D eigenvalue weighted by molar-refractivity contribution is 5.98. The van der Waals surface area contributed by atoms with Crippen molar-refractivity contribution in [2.24, 2.45) is 0 Å². The van der Waals surface area contributed by atoms with E-state index in [2.05, 4.69) is 11.1 Å². The van der Waals surface area contributed by atoms with Crippen molar-refractivity contribution >= 4 is 27.5 Å². The topological polar surface area (TPSA) is 62.7 Å². The van der Waals surface area contributed by atoms with Crippen molar-refractivity contribution < 1.29 is 0 Å². The molecule has 86 valence electrons. The van der Waals surface area contributed by atoms with Gasteiger partial charge in [-0.3, -0.25) is 0 Å². The highest BCUT2D eigenvalue weighted by atomic mass is 14.7. The van der Waals surface area contributed by atoms with Crippen molar-refractivity contribution in [1.82, 2.24) is 4.98 Å². The van der Waals surface area contributed by atoms with Gasteiger partial charge in [-0.05, 0) is 48.9 Å². The second-order valence-corrected chi connectivity index (χ2v) is 4.36. The van der Waals surface area contributed by atoms with Gasteiger partial charge in [0.25, 0.3) is 0 Å². The van der Waals surface area contributed by atoms with Crippen LogP contribution in [-0.4, -0.2) is 4.98 Å². The van der Waals surface area contributed by atoms with E-state index >= 15 is 0 Å². The van der Waals surface area contributed by atoms with E-state index in [9.17, 15) is 0 Å². The van der Waals surface area contributed by atoms with Crippen LogP contribution in [0, 0.1) is 18.3 Å². The quantitative estimate of drug-likeness (QED) is 0.479. The average molecular weight is 233 g/mol. The number of hydrogen-bond donors (Lipinski definition) is 1. The summed E-state index contributed by atoms with van der Waals surface area (Å²) >= 11 is 0. The number of rotatable bonds is 0. The third kappa shape index (κ3) is 1.47. The maximum Gasteiger partial charge on any atom is 0.0991 e. The van der Waals surface area contributed by atoms with Crippen LogP contribution in [0.1, 0.15) is 11.1 Å². The van der Waals surface area contributed by atoms with Gasteiger partial charge in [-0.15, -0.1) is 0 Å². The Balaban J connectivity index is 2.50. The summed E-state index contributed by atoms with van der Waals surface area (Å²) < 4.78 is 0. The molecule has 0 amide bonds. The fourth-order valence-electron chi connectivity index (χ4n) is 2.23. The van der Waals surface area contributed by atoms with E-state index < -0.39 is 0 Å². The molecule has 0 saturated carbocycles. The number of fused-ring (bicyclic) bond motifs is 2. The minimum absolute atomic E-state index is 0.649. The van der Waals surface area contributed by atoms with Gasteiger partial charge >= 0.3 is 0 Å². The number of nitriles is 1. The van der Waals surface area contributed by atoms with Gasteiger partial charge in [0.05, 0.1) is 22.7 Å². The summed E-state index contributed by atoms with van der Waals surface area (Å²) in [6, 6.07) is 13.4. The van der Waals surface area contributed by atoms with Gasteiger partial charge in [-0.25, -0.2) is 4.98 Å². The van der Waals surface area contributed by atoms with E-state index in [1.165, 1.54) is 0 Å². The first-order chi connectivity index (χ1) is 8.69. The lowest BCUT2D eigenvalue weighted by Crippen LogP contribution is -1.91. The molecule has 0 spiro atoms. The predicted octanol–water partition coefficient (Wildman–Crippen LogP) is 3.15. The fourth-order valence-corrected chi connectivity index (χ4v) is 2.23. The molecule has 3 heteroatoms. The number of hydrogen-bond acceptors (Lipinski definition) is 3. The van der Waals surface area contributed by atoms with Crippen molar-refractivity contribution in [2.45, 2.75) is 6.92 Å². The molecule has 0 atom stereocenters.